The van der Waals surface area contributed by atoms with Crippen LogP contribution in [0, 0.1) is 12.7 Å². The largest absolute Gasteiger partial charge is 0.450 e. The summed E-state index contributed by atoms with van der Waals surface area (Å²) < 4.78 is 19.7. The first-order valence-electron chi connectivity index (χ1n) is 4.87. The van der Waals surface area contributed by atoms with E-state index in [0.29, 0.717) is 20.5 Å². The van der Waals surface area contributed by atoms with Gasteiger partial charge in [-0.25, -0.2) is 4.39 Å². The zero-order valence-electron chi connectivity index (χ0n) is 8.88. The molecular formula is C12H9Br2FO2. The third-order valence-electron chi connectivity index (χ3n) is 2.31. The molecule has 0 saturated carbocycles. The third kappa shape index (κ3) is 2.78. The van der Waals surface area contributed by atoms with Crippen molar-refractivity contribution in [3.63, 3.8) is 0 Å². The van der Waals surface area contributed by atoms with E-state index in [4.69, 9.17) is 4.42 Å². The highest BCUT2D eigenvalue weighted by Gasteiger charge is 2.17. The number of aliphatic hydroxyl groups is 1. The van der Waals surface area contributed by atoms with Crippen molar-refractivity contribution in [1.82, 2.24) is 0 Å². The molecule has 1 heterocycles. The zero-order chi connectivity index (χ0) is 12.6. The van der Waals surface area contributed by atoms with Crippen molar-refractivity contribution >= 4 is 31.9 Å². The van der Waals surface area contributed by atoms with E-state index in [1.54, 1.807) is 19.1 Å². The SMILES string of the molecule is Cc1cc(F)cc(C(O)c2cc(Br)c(Br)o2)c1. The Hall–Kier alpha value is -0.650. The molecule has 90 valence electrons. The molecule has 0 aliphatic heterocycles. The molecule has 1 N–H and O–H groups in total. The minimum Gasteiger partial charge on any atom is -0.450 e. The molecule has 0 saturated heterocycles. The number of benzene rings is 1. The van der Waals surface area contributed by atoms with E-state index in [-0.39, 0.29) is 5.82 Å². The fourth-order valence-corrected chi connectivity index (χ4v) is 2.19. The van der Waals surface area contributed by atoms with E-state index in [9.17, 15) is 9.50 Å². The van der Waals surface area contributed by atoms with Gasteiger partial charge in [0.25, 0.3) is 0 Å². The number of hydrogen-bond acceptors (Lipinski definition) is 2. The van der Waals surface area contributed by atoms with Crippen molar-refractivity contribution in [2.75, 3.05) is 0 Å². The lowest BCUT2D eigenvalue weighted by atomic mass is 10.0. The average molecular weight is 364 g/mol. The molecule has 17 heavy (non-hydrogen) atoms. The molecule has 1 aromatic carbocycles. The summed E-state index contributed by atoms with van der Waals surface area (Å²) in [5.74, 6) is -0.0162. The molecule has 0 radical (unpaired) electrons. The van der Waals surface area contributed by atoms with Crippen LogP contribution in [0.25, 0.3) is 0 Å². The number of furan rings is 1. The van der Waals surface area contributed by atoms with Gasteiger partial charge in [0.15, 0.2) is 4.67 Å². The molecular weight excluding hydrogens is 355 g/mol. The lowest BCUT2D eigenvalue weighted by molar-refractivity contribution is 0.187. The van der Waals surface area contributed by atoms with Crippen molar-refractivity contribution in [3.8, 4) is 0 Å². The van der Waals surface area contributed by atoms with Gasteiger partial charge in [-0.1, -0.05) is 6.07 Å². The van der Waals surface area contributed by atoms with Gasteiger partial charge in [0, 0.05) is 0 Å². The van der Waals surface area contributed by atoms with Gasteiger partial charge in [-0.2, -0.15) is 0 Å². The molecule has 2 nitrogen and oxygen atoms in total. The Morgan fingerprint density at radius 2 is 1.94 bits per heavy atom. The highest BCUT2D eigenvalue weighted by Crippen LogP contribution is 2.32. The van der Waals surface area contributed by atoms with E-state index in [1.807, 2.05) is 0 Å². The summed E-state index contributed by atoms with van der Waals surface area (Å²) in [6, 6.07) is 6.07. The van der Waals surface area contributed by atoms with Crippen LogP contribution in [0.3, 0.4) is 0 Å². The summed E-state index contributed by atoms with van der Waals surface area (Å²) in [5, 5.41) is 10.1. The van der Waals surface area contributed by atoms with E-state index in [0.717, 1.165) is 5.56 Å². The van der Waals surface area contributed by atoms with Crippen LogP contribution in [0.1, 0.15) is 23.0 Å². The van der Waals surface area contributed by atoms with Crippen LogP contribution in [0.2, 0.25) is 0 Å². The quantitative estimate of drug-likeness (QED) is 0.861. The summed E-state index contributed by atoms with van der Waals surface area (Å²) in [6.07, 6.45) is -0.980. The molecule has 1 aromatic heterocycles. The first kappa shape index (κ1) is 12.8. The Morgan fingerprint density at radius 1 is 1.24 bits per heavy atom. The van der Waals surface area contributed by atoms with Crippen molar-refractivity contribution in [1.29, 1.82) is 0 Å². The minimum absolute atomic E-state index is 0.355. The second-order valence-electron chi connectivity index (χ2n) is 3.73. The number of aryl methyl sites for hydroxylation is 1. The fraction of sp³-hybridized carbons (Fsp3) is 0.167. The molecule has 0 aliphatic carbocycles. The maximum Gasteiger partial charge on any atom is 0.183 e. The number of aliphatic hydroxyl groups excluding tert-OH is 1. The third-order valence-corrected chi connectivity index (χ3v) is 4.02. The minimum atomic E-state index is -0.980. The molecule has 2 aromatic rings. The molecule has 0 spiro atoms. The second-order valence-corrected chi connectivity index (χ2v) is 5.31. The van der Waals surface area contributed by atoms with Gasteiger partial charge in [0.2, 0.25) is 0 Å². The van der Waals surface area contributed by atoms with Gasteiger partial charge in [0.05, 0.1) is 4.47 Å². The van der Waals surface area contributed by atoms with Crippen LogP contribution in [0.4, 0.5) is 4.39 Å². The average Bonchev–Trinajstić information content (AvgIpc) is 2.57. The van der Waals surface area contributed by atoms with Crippen molar-refractivity contribution in [3.05, 3.63) is 56.1 Å². The summed E-state index contributed by atoms with van der Waals surface area (Å²) in [4.78, 5) is 0. The van der Waals surface area contributed by atoms with Gasteiger partial charge in [-0.05, 0) is 68.1 Å². The van der Waals surface area contributed by atoms with Crippen molar-refractivity contribution in [2.45, 2.75) is 13.0 Å². The zero-order valence-corrected chi connectivity index (χ0v) is 12.0. The van der Waals surface area contributed by atoms with Gasteiger partial charge >= 0.3 is 0 Å². The van der Waals surface area contributed by atoms with E-state index < -0.39 is 6.10 Å². The first-order chi connectivity index (χ1) is 7.97. The van der Waals surface area contributed by atoms with Crippen LogP contribution >= 0.6 is 31.9 Å². The van der Waals surface area contributed by atoms with Crippen LogP contribution in [-0.4, -0.2) is 5.11 Å². The first-order valence-corrected chi connectivity index (χ1v) is 6.46. The van der Waals surface area contributed by atoms with Gasteiger partial charge < -0.3 is 9.52 Å². The molecule has 5 heteroatoms. The van der Waals surface area contributed by atoms with Crippen molar-refractivity contribution < 1.29 is 13.9 Å². The lowest BCUT2D eigenvalue weighted by Crippen LogP contribution is -1.99. The predicted molar refractivity (Wildman–Crippen MR) is 69.3 cm³/mol. The molecule has 0 fully saturated rings. The van der Waals surface area contributed by atoms with Crippen LogP contribution in [0.5, 0.6) is 0 Å². The van der Waals surface area contributed by atoms with Gasteiger partial charge in [-0.15, -0.1) is 0 Å². The summed E-state index contributed by atoms with van der Waals surface area (Å²) in [6.45, 7) is 1.77. The number of rotatable bonds is 2. The fourth-order valence-electron chi connectivity index (χ4n) is 1.58. The van der Waals surface area contributed by atoms with E-state index >= 15 is 0 Å². The lowest BCUT2D eigenvalue weighted by Gasteiger charge is -2.09. The van der Waals surface area contributed by atoms with Crippen LogP contribution in [-0.2, 0) is 0 Å². The highest BCUT2D eigenvalue weighted by atomic mass is 79.9. The summed E-state index contributed by atoms with van der Waals surface area (Å²) in [7, 11) is 0. The molecule has 1 unspecified atom stereocenters. The Bertz CT molecular complexity index is 512. The standard InChI is InChI=1S/C12H9Br2FO2/c1-6-2-7(4-8(15)3-6)11(16)10-5-9(13)12(14)17-10/h2-5,11,16H,1H3. The molecule has 0 aliphatic rings. The Balaban J connectivity index is 2.39. The molecule has 0 bridgehead atoms. The van der Waals surface area contributed by atoms with E-state index in [1.165, 1.54) is 12.1 Å². The van der Waals surface area contributed by atoms with Gasteiger partial charge in [0.1, 0.15) is 17.7 Å². The summed E-state index contributed by atoms with van der Waals surface area (Å²) >= 11 is 6.45. The number of halogens is 3. The maximum absolute atomic E-state index is 13.2. The maximum atomic E-state index is 13.2. The van der Waals surface area contributed by atoms with Gasteiger partial charge in [-0.3, -0.25) is 0 Å². The smallest absolute Gasteiger partial charge is 0.183 e. The Kier molecular flexibility index (Phi) is 3.70. The molecule has 1 atom stereocenters. The van der Waals surface area contributed by atoms with Crippen LogP contribution < -0.4 is 0 Å². The Labute approximate surface area is 115 Å². The van der Waals surface area contributed by atoms with Crippen molar-refractivity contribution in [2.24, 2.45) is 0 Å². The van der Waals surface area contributed by atoms with Crippen LogP contribution in [0.15, 0.2) is 37.8 Å². The highest BCUT2D eigenvalue weighted by molar-refractivity contribution is 9.13. The predicted octanol–water partition coefficient (Wildman–Crippen LogP) is 4.33. The molecule has 0 amide bonds. The second kappa shape index (κ2) is 4.92. The monoisotopic (exact) mass is 362 g/mol. The summed E-state index contributed by atoms with van der Waals surface area (Å²) in [5.41, 5.74) is 1.22. The molecule has 2 rings (SSSR count). The topological polar surface area (TPSA) is 33.4 Å². The number of hydrogen-bond donors (Lipinski definition) is 1. The normalized spacial score (nSPS) is 12.8. The van der Waals surface area contributed by atoms with E-state index in [2.05, 4.69) is 31.9 Å². The Morgan fingerprint density at radius 3 is 2.47 bits per heavy atom.